The van der Waals surface area contributed by atoms with Crippen LogP contribution in [-0.2, 0) is 19.6 Å². The number of benzene rings is 2. The molecule has 1 saturated heterocycles. The normalized spacial score (nSPS) is 17.9. The molecule has 0 saturated carbocycles. The number of nitrogens with zero attached hydrogens (tertiary/aromatic N) is 2. The number of anilines is 2. The van der Waals surface area contributed by atoms with Crippen molar-refractivity contribution in [2.45, 2.75) is 24.2 Å². The average molecular weight is 661 g/mol. The number of piperidine rings is 1. The molecule has 38 heavy (non-hydrogen) atoms. The zero-order chi connectivity index (χ0) is 27.2. The molecule has 0 bridgehead atoms. The lowest BCUT2D eigenvalue weighted by molar-refractivity contribution is -0.120. The third kappa shape index (κ3) is 4.87. The lowest BCUT2D eigenvalue weighted by atomic mass is 9.98. The summed E-state index contributed by atoms with van der Waals surface area (Å²) in [5.74, 6) is -0.905. The molecule has 3 heterocycles. The van der Waals surface area contributed by atoms with Crippen LogP contribution in [0.15, 0.2) is 39.7 Å². The Morgan fingerprint density at radius 2 is 2.03 bits per heavy atom. The predicted molar refractivity (Wildman–Crippen MR) is 154 cm³/mol. The smallest absolute Gasteiger partial charge is 0.258 e. The van der Waals surface area contributed by atoms with Gasteiger partial charge in [0.1, 0.15) is 13.6 Å². The third-order valence-electron chi connectivity index (χ3n) is 6.86. The van der Waals surface area contributed by atoms with Gasteiger partial charge in [-0.3, -0.25) is 9.59 Å². The van der Waals surface area contributed by atoms with Crippen LogP contribution in [0.25, 0.3) is 10.8 Å². The molecular formula is C25H24BrCl2N3O5S2. The molecule has 0 aliphatic carbocycles. The molecule has 2 aliphatic rings. The molecule has 202 valence electrons. The van der Waals surface area contributed by atoms with Crippen molar-refractivity contribution >= 4 is 94.5 Å². The summed E-state index contributed by atoms with van der Waals surface area (Å²) in [5.41, 5.74) is 1.98. The zero-order valence-corrected chi connectivity index (χ0v) is 25.0. The van der Waals surface area contributed by atoms with E-state index in [0.717, 1.165) is 27.8 Å². The number of carbonyl (C=O) groups excluding carboxylic acids is 2. The van der Waals surface area contributed by atoms with E-state index in [-0.39, 0.29) is 42.9 Å². The maximum Gasteiger partial charge on any atom is 0.258 e. The molecule has 3 aromatic rings. The van der Waals surface area contributed by atoms with Crippen LogP contribution in [0.1, 0.15) is 29.6 Å². The minimum Gasteiger partial charge on any atom is -0.385 e. The van der Waals surface area contributed by atoms with Crippen molar-refractivity contribution in [3.63, 3.8) is 0 Å². The summed E-state index contributed by atoms with van der Waals surface area (Å²) in [6.07, 6.45) is 1.78. The van der Waals surface area contributed by atoms with E-state index in [9.17, 15) is 18.0 Å². The fraction of sp³-hybridized carbons (Fsp3) is 0.360. The predicted octanol–water partition coefficient (Wildman–Crippen LogP) is 6.01. The molecule has 1 aromatic heterocycles. The van der Waals surface area contributed by atoms with Crippen LogP contribution in [0.3, 0.4) is 0 Å². The number of hydrogen-bond donors (Lipinski definition) is 1. The molecule has 2 aliphatic heterocycles. The highest BCUT2D eigenvalue weighted by Crippen LogP contribution is 2.45. The number of sulfonamides is 1. The van der Waals surface area contributed by atoms with Gasteiger partial charge in [-0.2, -0.15) is 4.31 Å². The second-order valence-corrected chi connectivity index (χ2v) is 14.0. The molecule has 1 unspecified atom stereocenters. The number of ether oxygens (including phenoxy) is 1. The Balaban J connectivity index is 1.38. The standard InChI is InChI=1S/C25H24BrCl2N3O5S2/c1-36-12-4-11-31-18-9-8-17(15-6-2-7-16(19(15)18)25(31)33)29-24(32)14-5-3-10-30(13-14)38(34,35)21-20(26)22(27)37-23(21)28/h2,6-9,14H,3-5,10-13H2,1H3,(H,29,32). The summed E-state index contributed by atoms with van der Waals surface area (Å²) >= 11 is 16.5. The van der Waals surface area contributed by atoms with Crippen molar-refractivity contribution in [1.82, 2.24) is 4.31 Å². The van der Waals surface area contributed by atoms with Gasteiger partial charge in [-0.05, 0) is 53.4 Å². The van der Waals surface area contributed by atoms with Crippen molar-refractivity contribution in [3.05, 3.63) is 49.0 Å². The third-order valence-corrected chi connectivity index (χ3v) is 12.2. The van der Waals surface area contributed by atoms with Gasteiger partial charge < -0.3 is 15.0 Å². The van der Waals surface area contributed by atoms with Gasteiger partial charge in [0.25, 0.3) is 5.91 Å². The minimum atomic E-state index is -3.95. The van der Waals surface area contributed by atoms with E-state index < -0.39 is 15.9 Å². The monoisotopic (exact) mass is 659 g/mol. The maximum atomic E-state index is 13.4. The van der Waals surface area contributed by atoms with Gasteiger partial charge in [0, 0.05) is 55.4 Å². The Morgan fingerprint density at radius 1 is 1.24 bits per heavy atom. The Morgan fingerprint density at radius 3 is 2.74 bits per heavy atom. The van der Waals surface area contributed by atoms with Gasteiger partial charge in [0.15, 0.2) is 0 Å². The first-order chi connectivity index (χ1) is 18.1. The Labute approximate surface area is 243 Å². The van der Waals surface area contributed by atoms with Crippen LogP contribution in [0.2, 0.25) is 8.67 Å². The first-order valence-electron chi connectivity index (χ1n) is 12.0. The summed E-state index contributed by atoms with van der Waals surface area (Å²) in [6.45, 7) is 1.39. The number of thiophene rings is 1. The summed E-state index contributed by atoms with van der Waals surface area (Å²) in [6, 6.07) is 9.11. The van der Waals surface area contributed by atoms with E-state index in [1.807, 2.05) is 12.1 Å². The molecular weight excluding hydrogens is 637 g/mol. The van der Waals surface area contributed by atoms with Crippen LogP contribution in [0, 0.1) is 5.92 Å². The van der Waals surface area contributed by atoms with Gasteiger partial charge in [0.05, 0.1) is 16.1 Å². The summed E-state index contributed by atoms with van der Waals surface area (Å²) in [7, 11) is -2.32. The largest absolute Gasteiger partial charge is 0.385 e. The molecule has 13 heteroatoms. The number of nitrogens with one attached hydrogen (secondary N) is 1. The highest BCUT2D eigenvalue weighted by Gasteiger charge is 2.37. The van der Waals surface area contributed by atoms with Gasteiger partial charge in [-0.15, -0.1) is 11.3 Å². The SMILES string of the molecule is COCCCN1C(=O)c2cccc3c(NC(=O)C4CCCN(S(=O)(=O)c5c(Cl)sc(Cl)c5Br)C4)ccc1c23. The van der Waals surface area contributed by atoms with Gasteiger partial charge in [-0.25, -0.2) is 8.42 Å². The average Bonchev–Trinajstić information content (AvgIpc) is 3.33. The molecule has 5 rings (SSSR count). The van der Waals surface area contributed by atoms with Gasteiger partial charge >= 0.3 is 0 Å². The van der Waals surface area contributed by atoms with Crippen LogP contribution in [0.4, 0.5) is 11.4 Å². The number of methoxy groups -OCH3 is 1. The van der Waals surface area contributed by atoms with Crippen LogP contribution >= 0.6 is 50.5 Å². The molecule has 0 spiro atoms. The van der Waals surface area contributed by atoms with Crippen molar-refractivity contribution < 1.29 is 22.7 Å². The van der Waals surface area contributed by atoms with Crippen molar-refractivity contribution in [1.29, 1.82) is 0 Å². The summed E-state index contributed by atoms with van der Waals surface area (Å²) in [5, 5.41) is 4.56. The van der Waals surface area contributed by atoms with Crippen LogP contribution in [-0.4, -0.2) is 57.9 Å². The highest BCUT2D eigenvalue weighted by atomic mass is 79.9. The van der Waals surface area contributed by atoms with E-state index in [1.54, 1.807) is 30.2 Å². The van der Waals surface area contributed by atoms with Gasteiger partial charge in [0.2, 0.25) is 15.9 Å². The molecule has 1 N–H and O–H groups in total. The number of hydrogen-bond acceptors (Lipinski definition) is 6. The molecule has 1 atom stereocenters. The van der Waals surface area contributed by atoms with E-state index in [4.69, 9.17) is 27.9 Å². The molecule has 2 amide bonds. The second kappa shape index (κ2) is 11.0. The summed E-state index contributed by atoms with van der Waals surface area (Å²) < 4.78 is 33.7. The lowest BCUT2D eigenvalue weighted by Crippen LogP contribution is -2.43. The fourth-order valence-corrected chi connectivity index (χ4v) is 10.0. The van der Waals surface area contributed by atoms with Crippen LogP contribution in [0.5, 0.6) is 0 Å². The minimum absolute atomic E-state index is 0.0252. The molecule has 2 aromatic carbocycles. The van der Waals surface area contributed by atoms with E-state index in [1.165, 1.54) is 4.31 Å². The summed E-state index contributed by atoms with van der Waals surface area (Å²) in [4.78, 5) is 28.1. The van der Waals surface area contributed by atoms with E-state index in [0.29, 0.717) is 43.7 Å². The maximum absolute atomic E-state index is 13.4. The number of halogens is 3. The Bertz CT molecular complexity index is 1550. The second-order valence-electron chi connectivity index (χ2n) is 9.15. The molecule has 8 nitrogen and oxygen atoms in total. The van der Waals surface area contributed by atoms with Crippen molar-refractivity contribution in [2.75, 3.05) is 43.6 Å². The Hall–Kier alpha value is -1.73. The number of carbonyl (C=O) groups is 2. The first kappa shape index (κ1) is 27.8. The first-order valence-corrected chi connectivity index (χ1v) is 15.8. The molecule has 1 fully saturated rings. The van der Waals surface area contributed by atoms with Crippen LogP contribution < -0.4 is 10.2 Å². The topological polar surface area (TPSA) is 96.0 Å². The quantitative estimate of drug-likeness (QED) is 0.299. The Kier molecular flexibility index (Phi) is 8.08. The van der Waals surface area contributed by atoms with Crippen molar-refractivity contribution in [2.24, 2.45) is 5.92 Å². The van der Waals surface area contributed by atoms with E-state index in [2.05, 4.69) is 21.2 Å². The van der Waals surface area contributed by atoms with Crippen molar-refractivity contribution in [3.8, 4) is 0 Å². The lowest BCUT2D eigenvalue weighted by Gasteiger charge is -2.31. The number of rotatable bonds is 8. The fourth-order valence-electron chi connectivity index (χ4n) is 5.04. The number of amides is 2. The van der Waals surface area contributed by atoms with Gasteiger partial charge in [-0.1, -0.05) is 35.3 Å². The molecule has 0 radical (unpaired) electrons. The zero-order valence-electron chi connectivity index (χ0n) is 20.3. The van der Waals surface area contributed by atoms with E-state index >= 15 is 0 Å². The highest BCUT2D eigenvalue weighted by molar-refractivity contribution is 9.10.